The fraction of sp³-hybridized carbons (Fsp3) is 0. The Bertz CT molecular complexity index is 848. The fourth-order valence-corrected chi connectivity index (χ4v) is 2.82. The van der Waals surface area contributed by atoms with Crippen molar-refractivity contribution in [2.45, 2.75) is 9.92 Å². The first-order valence-corrected chi connectivity index (χ1v) is 6.71. The van der Waals surface area contributed by atoms with Crippen LogP contribution in [-0.4, -0.2) is 20.5 Å². The molecule has 0 aliphatic carbocycles. The molecule has 0 unspecified atom stereocenters. The van der Waals surface area contributed by atoms with E-state index in [4.69, 9.17) is 0 Å². The molecule has 0 saturated carbocycles. The lowest BCUT2D eigenvalue weighted by Crippen LogP contribution is -2.02. The van der Waals surface area contributed by atoms with Gasteiger partial charge in [0.1, 0.15) is 22.3 Å². The van der Waals surface area contributed by atoms with E-state index in [-0.39, 0.29) is 15.6 Å². The van der Waals surface area contributed by atoms with Crippen LogP contribution in [0.1, 0.15) is 10.5 Å². The highest BCUT2D eigenvalue weighted by Gasteiger charge is 2.20. The number of nitrogens with zero attached hydrogens (tertiary/aromatic N) is 2. The Morgan fingerprint density at radius 3 is 2.76 bits per heavy atom. The zero-order chi connectivity index (χ0) is 15.0. The van der Waals surface area contributed by atoms with E-state index in [1.807, 2.05) is 0 Å². The van der Waals surface area contributed by atoms with Crippen LogP contribution in [0, 0.1) is 11.6 Å². The lowest BCUT2D eigenvalue weighted by atomic mass is 10.3. The summed E-state index contributed by atoms with van der Waals surface area (Å²) in [5, 5.41) is 9.47. The number of imidazole rings is 1. The van der Waals surface area contributed by atoms with Crippen LogP contribution in [-0.2, 0) is 0 Å². The molecule has 0 amide bonds. The van der Waals surface area contributed by atoms with Gasteiger partial charge < -0.3 is 5.11 Å². The molecule has 0 radical (unpaired) electrons. The minimum absolute atomic E-state index is 0.0562. The monoisotopic (exact) mass is 306 g/mol. The smallest absolute Gasteiger partial charge is 0.355 e. The summed E-state index contributed by atoms with van der Waals surface area (Å²) in [7, 11) is 0. The maximum atomic E-state index is 13.7. The third-order valence-corrected chi connectivity index (χ3v) is 3.83. The Morgan fingerprint density at radius 2 is 2.05 bits per heavy atom. The summed E-state index contributed by atoms with van der Waals surface area (Å²) >= 11 is 0.849. The van der Waals surface area contributed by atoms with Crippen LogP contribution in [0.5, 0.6) is 0 Å². The molecule has 0 saturated heterocycles. The van der Waals surface area contributed by atoms with E-state index in [9.17, 15) is 18.7 Å². The van der Waals surface area contributed by atoms with Gasteiger partial charge in [0.05, 0.1) is 0 Å². The van der Waals surface area contributed by atoms with Crippen LogP contribution in [0.25, 0.3) is 5.65 Å². The van der Waals surface area contributed by atoms with Crippen molar-refractivity contribution in [3.05, 3.63) is 59.9 Å². The first-order chi connectivity index (χ1) is 10.1. The van der Waals surface area contributed by atoms with Gasteiger partial charge in [-0.1, -0.05) is 17.8 Å². The second-order valence-corrected chi connectivity index (χ2v) is 5.21. The molecule has 3 aromatic rings. The van der Waals surface area contributed by atoms with Crippen LogP contribution >= 0.6 is 11.8 Å². The molecule has 2 heterocycles. The van der Waals surface area contributed by atoms with Crippen molar-refractivity contribution >= 4 is 23.4 Å². The quantitative estimate of drug-likeness (QED) is 0.805. The maximum Gasteiger partial charge on any atom is 0.355 e. The number of pyridine rings is 1. The number of carboxylic acid groups (broad SMARTS) is 1. The van der Waals surface area contributed by atoms with Crippen molar-refractivity contribution in [3.63, 3.8) is 0 Å². The number of halogens is 2. The van der Waals surface area contributed by atoms with Crippen molar-refractivity contribution in [2.75, 3.05) is 0 Å². The third-order valence-electron chi connectivity index (χ3n) is 2.80. The molecule has 106 valence electrons. The van der Waals surface area contributed by atoms with Gasteiger partial charge in [-0.2, -0.15) is 0 Å². The summed E-state index contributed by atoms with van der Waals surface area (Å²) in [5.41, 5.74) is 0.388. The second-order valence-electron chi connectivity index (χ2n) is 4.18. The van der Waals surface area contributed by atoms with Crippen LogP contribution in [0.3, 0.4) is 0 Å². The lowest BCUT2D eigenvalue weighted by Gasteiger charge is -2.02. The van der Waals surface area contributed by atoms with Gasteiger partial charge in [0, 0.05) is 17.2 Å². The van der Waals surface area contributed by atoms with Gasteiger partial charge in [0.15, 0.2) is 5.69 Å². The number of aromatic carboxylic acids is 1. The molecule has 2 aromatic heterocycles. The molecular formula is C14H8F2N2O2S. The minimum Gasteiger partial charge on any atom is -0.476 e. The van der Waals surface area contributed by atoms with E-state index in [0.717, 1.165) is 23.9 Å². The SMILES string of the molecule is O=C(O)c1c(Sc2ccc(F)cc2F)nc2ccccn12. The second kappa shape index (κ2) is 5.17. The van der Waals surface area contributed by atoms with Gasteiger partial charge in [-0.05, 0) is 24.3 Å². The molecular weight excluding hydrogens is 298 g/mol. The summed E-state index contributed by atoms with van der Waals surface area (Å²) in [5.74, 6) is -2.61. The normalized spacial score (nSPS) is 11.0. The lowest BCUT2D eigenvalue weighted by molar-refractivity contribution is 0.0685. The Balaban J connectivity index is 2.12. The van der Waals surface area contributed by atoms with Gasteiger partial charge in [-0.3, -0.25) is 4.40 Å². The number of carbonyl (C=O) groups is 1. The Hall–Kier alpha value is -2.41. The molecule has 1 N–H and O–H groups in total. The molecule has 3 rings (SSSR count). The third kappa shape index (κ3) is 2.47. The number of hydrogen-bond acceptors (Lipinski definition) is 3. The number of rotatable bonds is 3. The molecule has 1 aromatic carbocycles. The van der Waals surface area contributed by atoms with E-state index < -0.39 is 17.6 Å². The first-order valence-electron chi connectivity index (χ1n) is 5.89. The molecule has 0 aliphatic rings. The molecule has 0 bridgehead atoms. The molecule has 4 nitrogen and oxygen atoms in total. The molecule has 0 fully saturated rings. The Kier molecular flexibility index (Phi) is 3.34. The van der Waals surface area contributed by atoms with Crippen LogP contribution in [0.4, 0.5) is 8.78 Å². The first kappa shape index (κ1) is 13.6. The average molecular weight is 306 g/mol. The highest BCUT2D eigenvalue weighted by molar-refractivity contribution is 7.99. The topological polar surface area (TPSA) is 54.6 Å². The van der Waals surface area contributed by atoms with Gasteiger partial charge in [-0.25, -0.2) is 18.6 Å². The van der Waals surface area contributed by atoms with Crippen molar-refractivity contribution < 1.29 is 18.7 Å². The van der Waals surface area contributed by atoms with Gasteiger partial charge >= 0.3 is 5.97 Å². The van der Waals surface area contributed by atoms with E-state index in [1.165, 1.54) is 10.5 Å². The van der Waals surface area contributed by atoms with Crippen molar-refractivity contribution in [3.8, 4) is 0 Å². The number of benzene rings is 1. The van der Waals surface area contributed by atoms with Crippen molar-refractivity contribution in [2.24, 2.45) is 0 Å². The van der Waals surface area contributed by atoms with E-state index in [1.54, 1.807) is 24.4 Å². The zero-order valence-corrected chi connectivity index (χ0v) is 11.3. The van der Waals surface area contributed by atoms with Crippen molar-refractivity contribution in [1.29, 1.82) is 0 Å². The molecule has 0 spiro atoms. The number of carboxylic acids is 1. The van der Waals surface area contributed by atoms with Gasteiger partial charge in [-0.15, -0.1) is 0 Å². The van der Waals surface area contributed by atoms with E-state index >= 15 is 0 Å². The maximum absolute atomic E-state index is 13.7. The predicted octanol–water partition coefficient (Wildman–Crippen LogP) is 3.46. The standard InChI is InChI=1S/C14H8F2N2O2S/c15-8-4-5-10(9(16)7-8)21-13-12(14(19)20)18-6-2-1-3-11(18)17-13/h1-7H,(H,19,20). The number of hydrogen-bond donors (Lipinski definition) is 1. The van der Waals surface area contributed by atoms with Gasteiger partial charge in [0.25, 0.3) is 0 Å². The summed E-state index contributed by atoms with van der Waals surface area (Å²) in [4.78, 5) is 15.7. The fourth-order valence-electron chi connectivity index (χ4n) is 1.90. The largest absolute Gasteiger partial charge is 0.476 e. The predicted molar refractivity (Wildman–Crippen MR) is 72.6 cm³/mol. The summed E-state index contributed by atoms with van der Waals surface area (Å²) in [6, 6.07) is 8.16. The Labute approximate surface area is 122 Å². The molecule has 7 heteroatoms. The highest BCUT2D eigenvalue weighted by atomic mass is 32.2. The minimum atomic E-state index is -1.17. The summed E-state index contributed by atoms with van der Waals surface area (Å²) in [6.07, 6.45) is 1.57. The van der Waals surface area contributed by atoms with Crippen molar-refractivity contribution in [1.82, 2.24) is 9.38 Å². The summed E-state index contributed by atoms with van der Waals surface area (Å²) < 4.78 is 28.0. The van der Waals surface area contributed by atoms with Crippen LogP contribution < -0.4 is 0 Å². The van der Waals surface area contributed by atoms with E-state index in [0.29, 0.717) is 5.65 Å². The zero-order valence-electron chi connectivity index (χ0n) is 10.5. The number of aromatic nitrogens is 2. The molecule has 21 heavy (non-hydrogen) atoms. The van der Waals surface area contributed by atoms with Crippen LogP contribution in [0.2, 0.25) is 0 Å². The Morgan fingerprint density at radius 1 is 1.24 bits per heavy atom. The van der Waals surface area contributed by atoms with E-state index in [2.05, 4.69) is 4.98 Å². The number of fused-ring (bicyclic) bond motifs is 1. The van der Waals surface area contributed by atoms with Crippen LogP contribution in [0.15, 0.2) is 52.5 Å². The molecule has 0 atom stereocenters. The summed E-state index contributed by atoms with van der Waals surface area (Å²) in [6.45, 7) is 0. The van der Waals surface area contributed by atoms with Gasteiger partial charge in [0.2, 0.25) is 0 Å². The molecule has 0 aliphatic heterocycles. The highest BCUT2D eigenvalue weighted by Crippen LogP contribution is 2.32. The average Bonchev–Trinajstić information content (AvgIpc) is 2.80.